The number of carbonyl (C=O) groups is 1. The van der Waals surface area contributed by atoms with Gasteiger partial charge >= 0.3 is 0 Å². The number of hydrogen-bond donors (Lipinski definition) is 2. The topological polar surface area (TPSA) is 61.8 Å². The van der Waals surface area contributed by atoms with Crippen LogP contribution in [0.4, 0.5) is 0 Å². The van der Waals surface area contributed by atoms with E-state index in [2.05, 4.69) is 17.1 Å². The normalized spacial score (nSPS) is 24.1. The number of nitrogens with one attached hydrogen (secondary N) is 1. The fourth-order valence-electron chi connectivity index (χ4n) is 4.85. The number of benzene rings is 1. The van der Waals surface area contributed by atoms with Gasteiger partial charge in [-0.05, 0) is 43.7 Å². The highest BCUT2D eigenvalue weighted by Gasteiger charge is 2.30. The van der Waals surface area contributed by atoms with Crippen LogP contribution in [0.1, 0.15) is 63.9 Å². The average Bonchev–Trinajstić information content (AvgIpc) is 2.71. The molecule has 2 aliphatic rings. The second-order valence-corrected chi connectivity index (χ2v) is 8.55. The summed E-state index contributed by atoms with van der Waals surface area (Å²) in [5, 5.41) is 13.5. The molecule has 28 heavy (non-hydrogen) atoms. The molecule has 5 heteroatoms. The molecule has 1 aromatic rings. The van der Waals surface area contributed by atoms with Crippen molar-refractivity contribution in [2.75, 3.05) is 20.2 Å². The van der Waals surface area contributed by atoms with E-state index in [-0.39, 0.29) is 5.91 Å². The minimum Gasteiger partial charge on any atom is -0.507 e. The van der Waals surface area contributed by atoms with Crippen molar-refractivity contribution < 1.29 is 14.6 Å². The van der Waals surface area contributed by atoms with Crippen molar-refractivity contribution in [3.63, 3.8) is 0 Å². The molecule has 1 aliphatic heterocycles. The van der Waals surface area contributed by atoms with Crippen LogP contribution in [0.5, 0.6) is 11.5 Å². The van der Waals surface area contributed by atoms with E-state index in [1.165, 1.54) is 19.3 Å². The number of aromatic hydroxyl groups is 1. The summed E-state index contributed by atoms with van der Waals surface area (Å²) in [5.41, 5.74) is 0.934. The van der Waals surface area contributed by atoms with Crippen molar-refractivity contribution in [3.05, 3.63) is 23.8 Å². The standard InChI is InChI=1S/C23H36N2O3/c1-3-17-15-25(16-19-9-10-21(28-2)14-22(19)26)12-11-18(17)13-23(27)24-20-7-5-4-6-8-20/h9-10,14,17-18,20,26H,3-8,11-13,15-16H2,1-2H3,(H,24,27)/t17-,18-/m0/s1. The van der Waals surface area contributed by atoms with Crippen LogP contribution < -0.4 is 10.1 Å². The molecule has 1 heterocycles. The van der Waals surface area contributed by atoms with Gasteiger partial charge in [-0.1, -0.05) is 38.7 Å². The molecule has 1 aliphatic carbocycles. The van der Waals surface area contributed by atoms with Crippen molar-refractivity contribution in [2.24, 2.45) is 11.8 Å². The van der Waals surface area contributed by atoms with Crippen LogP contribution in [-0.2, 0) is 11.3 Å². The van der Waals surface area contributed by atoms with E-state index in [4.69, 9.17) is 4.74 Å². The maximum Gasteiger partial charge on any atom is 0.220 e. The zero-order valence-corrected chi connectivity index (χ0v) is 17.5. The van der Waals surface area contributed by atoms with Gasteiger partial charge in [0.15, 0.2) is 0 Å². The zero-order chi connectivity index (χ0) is 19.9. The Hall–Kier alpha value is -1.75. The van der Waals surface area contributed by atoms with Gasteiger partial charge < -0.3 is 15.2 Å². The van der Waals surface area contributed by atoms with E-state index in [0.717, 1.165) is 50.9 Å². The van der Waals surface area contributed by atoms with Gasteiger partial charge in [-0.25, -0.2) is 0 Å². The third-order valence-electron chi connectivity index (χ3n) is 6.60. The van der Waals surface area contributed by atoms with Crippen LogP contribution in [0, 0.1) is 11.8 Å². The summed E-state index contributed by atoms with van der Waals surface area (Å²) in [5.74, 6) is 2.22. The second kappa shape index (κ2) is 10.1. The lowest BCUT2D eigenvalue weighted by atomic mass is 9.81. The van der Waals surface area contributed by atoms with E-state index < -0.39 is 0 Å². The second-order valence-electron chi connectivity index (χ2n) is 8.55. The first-order valence-corrected chi connectivity index (χ1v) is 11.0. The Morgan fingerprint density at radius 1 is 1.21 bits per heavy atom. The quantitative estimate of drug-likeness (QED) is 0.739. The molecule has 2 N–H and O–H groups in total. The Balaban J connectivity index is 1.50. The van der Waals surface area contributed by atoms with Gasteiger partial charge in [0.25, 0.3) is 0 Å². The number of phenols is 1. The van der Waals surface area contributed by atoms with Gasteiger partial charge in [-0.15, -0.1) is 0 Å². The number of nitrogens with zero attached hydrogens (tertiary/aromatic N) is 1. The van der Waals surface area contributed by atoms with Gasteiger partial charge in [0.2, 0.25) is 5.91 Å². The van der Waals surface area contributed by atoms with Crippen molar-refractivity contribution in [1.82, 2.24) is 10.2 Å². The van der Waals surface area contributed by atoms with E-state index in [1.54, 1.807) is 13.2 Å². The monoisotopic (exact) mass is 388 g/mol. The molecule has 5 nitrogen and oxygen atoms in total. The Labute approximate surface area is 169 Å². The molecule has 3 rings (SSSR count). The SMILES string of the molecule is CC[C@H]1CN(Cc2ccc(OC)cc2O)CC[C@H]1CC(=O)NC1CCCCC1. The Morgan fingerprint density at radius 3 is 2.68 bits per heavy atom. The van der Waals surface area contributed by atoms with Crippen LogP contribution in [0.15, 0.2) is 18.2 Å². The molecular weight excluding hydrogens is 352 g/mol. The molecule has 2 fully saturated rings. The molecule has 0 spiro atoms. The lowest BCUT2D eigenvalue weighted by molar-refractivity contribution is -0.123. The van der Waals surface area contributed by atoms with E-state index in [9.17, 15) is 9.90 Å². The zero-order valence-electron chi connectivity index (χ0n) is 17.5. The van der Waals surface area contributed by atoms with Gasteiger partial charge in [0.05, 0.1) is 7.11 Å². The molecule has 0 bridgehead atoms. The Morgan fingerprint density at radius 2 is 2.00 bits per heavy atom. The number of likely N-dealkylation sites (tertiary alicyclic amines) is 1. The molecule has 1 saturated carbocycles. The number of ether oxygens (including phenoxy) is 1. The minimum absolute atomic E-state index is 0.247. The lowest BCUT2D eigenvalue weighted by Crippen LogP contribution is -2.43. The Bertz CT molecular complexity index is 643. The van der Waals surface area contributed by atoms with Gasteiger partial charge in [-0.2, -0.15) is 0 Å². The molecule has 0 aromatic heterocycles. The molecule has 1 aromatic carbocycles. The number of phenolic OH excluding ortho intramolecular Hbond substituents is 1. The smallest absolute Gasteiger partial charge is 0.220 e. The van der Waals surface area contributed by atoms with Crippen molar-refractivity contribution >= 4 is 5.91 Å². The number of piperidine rings is 1. The number of carbonyl (C=O) groups excluding carboxylic acids is 1. The maximum absolute atomic E-state index is 12.5. The molecular formula is C23H36N2O3. The van der Waals surface area contributed by atoms with Gasteiger partial charge in [0, 0.05) is 37.2 Å². The Kier molecular flexibility index (Phi) is 7.60. The first-order chi connectivity index (χ1) is 13.6. The predicted molar refractivity (Wildman–Crippen MR) is 111 cm³/mol. The van der Waals surface area contributed by atoms with Crippen LogP contribution in [0.2, 0.25) is 0 Å². The van der Waals surface area contributed by atoms with E-state index in [0.29, 0.717) is 35.8 Å². The van der Waals surface area contributed by atoms with Gasteiger partial charge in [0.1, 0.15) is 11.5 Å². The molecule has 2 atom stereocenters. The number of methoxy groups -OCH3 is 1. The summed E-state index contributed by atoms with van der Waals surface area (Å²) in [6.45, 7) is 4.94. The lowest BCUT2D eigenvalue weighted by Gasteiger charge is -2.38. The third kappa shape index (κ3) is 5.63. The summed E-state index contributed by atoms with van der Waals surface area (Å²) in [6.07, 6.45) is 8.90. The summed E-state index contributed by atoms with van der Waals surface area (Å²) in [7, 11) is 1.61. The first kappa shape index (κ1) is 21.0. The number of hydrogen-bond acceptors (Lipinski definition) is 4. The summed E-state index contributed by atoms with van der Waals surface area (Å²) < 4.78 is 5.17. The van der Waals surface area contributed by atoms with Gasteiger partial charge in [-0.3, -0.25) is 9.69 Å². The van der Waals surface area contributed by atoms with Crippen LogP contribution in [-0.4, -0.2) is 42.2 Å². The summed E-state index contributed by atoms with van der Waals surface area (Å²) >= 11 is 0. The fraction of sp³-hybridized carbons (Fsp3) is 0.696. The number of rotatable bonds is 7. The molecule has 1 amide bonds. The molecule has 0 radical (unpaired) electrons. The van der Waals surface area contributed by atoms with Crippen LogP contribution in [0.3, 0.4) is 0 Å². The highest BCUT2D eigenvalue weighted by Crippen LogP contribution is 2.32. The highest BCUT2D eigenvalue weighted by atomic mass is 16.5. The average molecular weight is 389 g/mol. The van der Waals surface area contributed by atoms with Crippen molar-refractivity contribution in [1.29, 1.82) is 0 Å². The van der Waals surface area contributed by atoms with Crippen LogP contribution >= 0.6 is 0 Å². The van der Waals surface area contributed by atoms with Crippen molar-refractivity contribution in [3.8, 4) is 11.5 Å². The molecule has 0 unspecified atom stereocenters. The predicted octanol–water partition coefficient (Wildman–Crippen LogP) is 4.09. The van der Waals surface area contributed by atoms with E-state index >= 15 is 0 Å². The fourth-order valence-corrected chi connectivity index (χ4v) is 4.85. The summed E-state index contributed by atoms with van der Waals surface area (Å²) in [6, 6.07) is 5.92. The van der Waals surface area contributed by atoms with Crippen molar-refractivity contribution in [2.45, 2.75) is 70.9 Å². The van der Waals surface area contributed by atoms with E-state index in [1.807, 2.05) is 12.1 Å². The third-order valence-corrected chi connectivity index (χ3v) is 6.60. The number of amides is 1. The largest absolute Gasteiger partial charge is 0.507 e. The highest BCUT2D eigenvalue weighted by molar-refractivity contribution is 5.76. The van der Waals surface area contributed by atoms with Crippen LogP contribution in [0.25, 0.3) is 0 Å². The maximum atomic E-state index is 12.5. The first-order valence-electron chi connectivity index (χ1n) is 11.0. The minimum atomic E-state index is 0.247. The summed E-state index contributed by atoms with van der Waals surface area (Å²) in [4.78, 5) is 15.0. The molecule has 156 valence electrons. The molecule has 1 saturated heterocycles.